The summed E-state index contributed by atoms with van der Waals surface area (Å²) in [5.74, 6) is 0.590. The van der Waals surface area contributed by atoms with Crippen molar-refractivity contribution in [1.29, 1.82) is 5.26 Å². The molecule has 1 saturated heterocycles. The summed E-state index contributed by atoms with van der Waals surface area (Å²) in [6.07, 6.45) is 5.03. The van der Waals surface area contributed by atoms with Gasteiger partial charge in [0.05, 0.1) is 18.3 Å². The van der Waals surface area contributed by atoms with Crippen molar-refractivity contribution in [3.63, 3.8) is 0 Å². The Hall–Kier alpha value is -2.75. The smallest absolute Gasteiger partial charge is 0.266 e. The molecular weight excluding hydrogens is 316 g/mol. The number of rotatable bonds is 3. The second-order valence-corrected chi connectivity index (χ2v) is 7.32. The summed E-state index contributed by atoms with van der Waals surface area (Å²) in [6, 6.07) is 5.54. The van der Waals surface area contributed by atoms with Crippen molar-refractivity contribution in [2.45, 2.75) is 51.6 Å². The van der Waals surface area contributed by atoms with E-state index in [0.29, 0.717) is 18.1 Å². The lowest BCUT2D eigenvalue weighted by Gasteiger charge is -2.26. The highest BCUT2D eigenvalue weighted by atomic mass is 16.1. The van der Waals surface area contributed by atoms with Gasteiger partial charge in [0.1, 0.15) is 6.07 Å². The van der Waals surface area contributed by atoms with E-state index in [9.17, 15) is 10.1 Å². The Morgan fingerprint density at radius 2 is 2.04 bits per heavy atom. The molecule has 2 aromatic rings. The zero-order valence-corrected chi connectivity index (χ0v) is 14.8. The van der Waals surface area contributed by atoms with Crippen LogP contribution in [0.2, 0.25) is 0 Å². The van der Waals surface area contributed by atoms with Crippen molar-refractivity contribution < 1.29 is 0 Å². The van der Waals surface area contributed by atoms with Crippen LogP contribution in [0.5, 0.6) is 0 Å². The number of aromatic nitrogens is 4. The molecule has 1 aliphatic heterocycles. The number of anilines is 1. The van der Waals surface area contributed by atoms with Crippen LogP contribution in [0.25, 0.3) is 0 Å². The molecule has 1 aliphatic rings. The summed E-state index contributed by atoms with van der Waals surface area (Å²) >= 11 is 0. The van der Waals surface area contributed by atoms with Gasteiger partial charge in [0, 0.05) is 30.4 Å². The van der Waals surface area contributed by atoms with E-state index in [1.165, 1.54) is 10.9 Å². The molecule has 1 fully saturated rings. The van der Waals surface area contributed by atoms with Gasteiger partial charge in [-0.2, -0.15) is 10.4 Å². The topological polar surface area (TPSA) is 87.7 Å². The first-order chi connectivity index (χ1) is 11.9. The Morgan fingerprint density at radius 3 is 2.76 bits per heavy atom. The van der Waals surface area contributed by atoms with E-state index < -0.39 is 0 Å². The first-order valence-corrected chi connectivity index (χ1v) is 8.46. The summed E-state index contributed by atoms with van der Waals surface area (Å²) in [7, 11) is 0. The Kier molecular flexibility index (Phi) is 4.53. The van der Waals surface area contributed by atoms with Crippen LogP contribution in [0.1, 0.15) is 45.0 Å². The number of hydrogen-bond acceptors (Lipinski definition) is 6. The van der Waals surface area contributed by atoms with Crippen molar-refractivity contribution in [3.8, 4) is 6.07 Å². The molecule has 25 heavy (non-hydrogen) atoms. The fourth-order valence-electron chi connectivity index (χ4n) is 3.10. The molecule has 7 heteroatoms. The lowest BCUT2D eigenvalue weighted by atomic mass is 9.92. The highest BCUT2D eigenvalue weighted by Crippen LogP contribution is 2.26. The minimum absolute atomic E-state index is 0.0734. The van der Waals surface area contributed by atoms with Crippen molar-refractivity contribution in [3.05, 3.63) is 46.3 Å². The number of hydrogen-bond donors (Lipinski definition) is 0. The summed E-state index contributed by atoms with van der Waals surface area (Å²) in [5, 5.41) is 13.8. The molecule has 0 amide bonds. The minimum Gasteiger partial charge on any atom is -0.349 e. The number of nitrogens with zero attached hydrogens (tertiary/aromatic N) is 6. The van der Waals surface area contributed by atoms with Gasteiger partial charge >= 0.3 is 0 Å². The first-order valence-electron chi connectivity index (χ1n) is 8.46. The van der Waals surface area contributed by atoms with Gasteiger partial charge in [0.15, 0.2) is 11.5 Å². The fraction of sp³-hybridized carbons (Fsp3) is 0.500. The summed E-state index contributed by atoms with van der Waals surface area (Å²) in [5.41, 5.74) is 0.968. The molecule has 7 nitrogen and oxygen atoms in total. The van der Waals surface area contributed by atoms with E-state index in [0.717, 1.165) is 25.1 Å². The van der Waals surface area contributed by atoms with Crippen LogP contribution in [-0.4, -0.2) is 32.3 Å². The average molecular weight is 338 g/mol. The molecule has 1 unspecified atom stereocenters. The zero-order chi connectivity index (χ0) is 18.0. The van der Waals surface area contributed by atoms with Crippen LogP contribution in [-0.2, 0) is 12.0 Å². The molecule has 3 rings (SSSR count). The predicted molar refractivity (Wildman–Crippen MR) is 94.3 cm³/mol. The monoisotopic (exact) mass is 338 g/mol. The van der Waals surface area contributed by atoms with Crippen molar-refractivity contribution >= 4 is 5.82 Å². The Labute approximate surface area is 147 Å². The van der Waals surface area contributed by atoms with Crippen LogP contribution in [0, 0.1) is 11.3 Å². The molecule has 2 aromatic heterocycles. The molecule has 0 spiro atoms. The molecular formula is C18H22N6O. The summed E-state index contributed by atoms with van der Waals surface area (Å²) in [4.78, 5) is 22.8. The average Bonchev–Trinajstić information content (AvgIpc) is 3.03. The standard InChI is InChI=1S/C18H22N6O/c1-18(2,3)15-6-7-16(25)24(22-15)12-13-5-4-10-23(13)17-14(11-19)20-8-9-21-17/h6-9,13H,4-5,10,12H2,1-3H3. The SMILES string of the molecule is CC(C)(C)c1ccc(=O)n(CC2CCCN2c2nccnc2C#N)n1. The molecule has 0 radical (unpaired) electrons. The van der Waals surface area contributed by atoms with E-state index in [1.54, 1.807) is 18.3 Å². The molecule has 0 aliphatic carbocycles. The van der Waals surface area contributed by atoms with Gasteiger partial charge in [0.2, 0.25) is 0 Å². The van der Waals surface area contributed by atoms with Crippen LogP contribution < -0.4 is 10.5 Å². The zero-order valence-electron chi connectivity index (χ0n) is 14.8. The molecule has 3 heterocycles. The normalized spacial score (nSPS) is 17.5. The third kappa shape index (κ3) is 3.53. The quantitative estimate of drug-likeness (QED) is 0.849. The summed E-state index contributed by atoms with van der Waals surface area (Å²) < 4.78 is 1.53. The lowest BCUT2D eigenvalue weighted by Crippen LogP contribution is -2.38. The van der Waals surface area contributed by atoms with Gasteiger partial charge in [-0.25, -0.2) is 14.6 Å². The molecule has 1 atom stereocenters. The summed E-state index contributed by atoms with van der Waals surface area (Å²) in [6.45, 7) is 7.50. The van der Waals surface area contributed by atoms with Crippen molar-refractivity contribution in [2.24, 2.45) is 0 Å². The van der Waals surface area contributed by atoms with E-state index in [4.69, 9.17) is 0 Å². The van der Waals surface area contributed by atoms with Crippen LogP contribution in [0.4, 0.5) is 5.82 Å². The van der Waals surface area contributed by atoms with Gasteiger partial charge in [-0.15, -0.1) is 0 Å². The second-order valence-electron chi connectivity index (χ2n) is 7.32. The Morgan fingerprint density at radius 1 is 1.28 bits per heavy atom. The Balaban J connectivity index is 1.90. The van der Waals surface area contributed by atoms with Crippen LogP contribution in [0.15, 0.2) is 29.3 Å². The predicted octanol–water partition coefficient (Wildman–Crippen LogP) is 1.87. The van der Waals surface area contributed by atoms with E-state index in [1.807, 2.05) is 0 Å². The first kappa shape index (κ1) is 17.1. The minimum atomic E-state index is -0.121. The lowest BCUT2D eigenvalue weighted by molar-refractivity contribution is 0.456. The van der Waals surface area contributed by atoms with Gasteiger partial charge in [-0.3, -0.25) is 4.79 Å². The molecule has 130 valence electrons. The van der Waals surface area contributed by atoms with E-state index in [-0.39, 0.29) is 17.0 Å². The van der Waals surface area contributed by atoms with E-state index in [2.05, 4.69) is 46.8 Å². The maximum atomic E-state index is 12.3. The third-order valence-corrected chi connectivity index (χ3v) is 4.45. The van der Waals surface area contributed by atoms with Gasteiger partial charge < -0.3 is 4.90 Å². The van der Waals surface area contributed by atoms with Gasteiger partial charge in [-0.05, 0) is 18.9 Å². The molecule has 0 bridgehead atoms. The maximum absolute atomic E-state index is 12.3. The van der Waals surface area contributed by atoms with Crippen molar-refractivity contribution in [1.82, 2.24) is 19.7 Å². The molecule has 0 aromatic carbocycles. The van der Waals surface area contributed by atoms with Crippen LogP contribution >= 0.6 is 0 Å². The van der Waals surface area contributed by atoms with Crippen LogP contribution in [0.3, 0.4) is 0 Å². The Bertz CT molecular complexity index is 861. The van der Waals surface area contributed by atoms with Gasteiger partial charge in [-0.1, -0.05) is 20.8 Å². The molecule has 0 N–H and O–H groups in total. The van der Waals surface area contributed by atoms with E-state index >= 15 is 0 Å². The fourth-order valence-corrected chi connectivity index (χ4v) is 3.10. The third-order valence-electron chi connectivity index (χ3n) is 4.45. The highest BCUT2D eigenvalue weighted by Gasteiger charge is 2.29. The largest absolute Gasteiger partial charge is 0.349 e. The van der Waals surface area contributed by atoms with Gasteiger partial charge in [0.25, 0.3) is 5.56 Å². The highest BCUT2D eigenvalue weighted by molar-refractivity contribution is 5.51. The maximum Gasteiger partial charge on any atom is 0.266 e. The molecule has 0 saturated carbocycles. The van der Waals surface area contributed by atoms with Crippen molar-refractivity contribution in [2.75, 3.05) is 11.4 Å². The number of nitriles is 1. The second kappa shape index (κ2) is 6.63.